The minimum atomic E-state index is -0.106. The number of thiazole rings is 1. The number of aryl methyl sites for hydroxylation is 1. The Labute approximate surface area is 116 Å². The SMILES string of the molecule is Cc1ccc(OCC(=O)NCCc2cncs2)cc1. The Kier molecular flexibility index (Phi) is 4.92. The highest BCUT2D eigenvalue weighted by Crippen LogP contribution is 2.11. The molecule has 0 fully saturated rings. The van der Waals surface area contributed by atoms with Crippen molar-refractivity contribution >= 4 is 17.2 Å². The Hall–Kier alpha value is -1.88. The first-order valence-corrected chi connectivity index (χ1v) is 6.95. The van der Waals surface area contributed by atoms with Gasteiger partial charge in [0.05, 0.1) is 5.51 Å². The number of hydrogen-bond acceptors (Lipinski definition) is 4. The number of nitrogens with one attached hydrogen (secondary N) is 1. The van der Waals surface area contributed by atoms with Gasteiger partial charge in [0.1, 0.15) is 5.75 Å². The number of nitrogens with zero attached hydrogens (tertiary/aromatic N) is 1. The summed E-state index contributed by atoms with van der Waals surface area (Å²) in [4.78, 5) is 16.7. The van der Waals surface area contributed by atoms with Crippen LogP contribution in [0.5, 0.6) is 5.75 Å². The van der Waals surface area contributed by atoms with Gasteiger partial charge in [-0.1, -0.05) is 17.7 Å². The van der Waals surface area contributed by atoms with E-state index in [0.29, 0.717) is 12.3 Å². The van der Waals surface area contributed by atoms with E-state index in [9.17, 15) is 4.79 Å². The lowest BCUT2D eigenvalue weighted by atomic mass is 10.2. The van der Waals surface area contributed by atoms with Crippen LogP contribution in [0.4, 0.5) is 0 Å². The third-order valence-corrected chi connectivity index (χ3v) is 3.41. The fourth-order valence-electron chi connectivity index (χ4n) is 1.53. The molecule has 0 unspecified atom stereocenters. The number of carbonyl (C=O) groups is 1. The third-order valence-electron chi connectivity index (χ3n) is 2.57. The van der Waals surface area contributed by atoms with Crippen LogP contribution in [-0.4, -0.2) is 24.0 Å². The monoisotopic (exact) mass is 276 g/mol. The summed E-state index contributed by atoms with van der Waals surface area (Å²) in [6, 6.07) is 7.63. The molecule has 2 rings (SSSR count). The van der Waals surface area contributed by atoms with E-state index in [2.05, 4.69) is 10.3 Å². The fraction of sp³-hybridized carbons (Fsp3) is 0.286. The van der Waals surface area contributed by atoms with Gasteiger partial charge in [-0.3, -0.25) is 9.78 Å². The van der Waals surface area contributed by atoms with E-state index in [1.165, 1.54) is 10.4 Å². The largest absolute Gasteiger partial charge is 0.484 e. The van der Waals surface area contributed by atoms with E-state index >= 15 is 0 Å². The number of aromatic nitrogens is 1. The summed E-state index contributed by atoms with van der Waals surface area (Å²) in [5, 5.41) is 2.82. The molecule has 0 radical (unpaired) electrons. The van der Waals surface area contributed by atoms with Crippen LogP contribution in [0.3, 0.4) is 0 Å². The summed E-state index contributed by atoms with van der Waals surface area (Å²) in [6.45, 7) is 2.67. The maximum absolute atomic E-state index is 11.6. The molecule has 1 amide bonds. The summed E-state index contributed by atoms with van der Waals surface area (Å²) in [5.41, 5.74) is 2.96. The Morgan fingerprint density at radius 2 is 2.16 bits per heavy atom. The summed E-state index contributed by atoms with van der Waals surface area (Å²) in [7, 11) is 0. The third kappa shape index (κ3) is 4.71. The number of rotatable bonds is 6. The number of ether oxygens (including phenoxy) is 1. The Morgan fingerprint density at radius 1 is 1.37 bits per heavy atom. The minimum Gasteiger partial charge on any atom is -0.484 e. The van der Waals surface area contributed by atoms with Gasteiger partial charge >= 0.3 is 0 Å². The first-order chi connectivity index (χ1) is 9.24. The van der Waals surface area contributed by atoms with E-state index in [-0.39, 0.29) is 12.5 Å². The van der Waals surface area contributed by atoms with Crippen molar-refractivity contribution in [3.05, 3.63) is 46.4 Å². The highest BCUT2D eigenvalue weighted by Gasteiger charge is 2.02. The first kappa shape index (κ1) is 13.5. The van der Waals surface area contributed by atoms with Gasteiger partial charge in [0, 0.05) is 24.0 Å². The first-order valence-electron chi connectivity index (χ1n) is 6.07. The predicted molar refractivity (Wildman–Crippen MR) is 75.5 cm³/mol. The zero-order chi connectivity index (χ0) is 13.5. The van der Waals surface area contributed by atoms with Gasteiger partial charge in [0.2, 0.25) is 0 Å². The second-order valence-electron chi connectivity index (χ2n) is 4.17. The van der Waals surface area contributed by atoms with E-state index in [0.717, 1.165) is 6.42 Å². The molecule has 0 aliphatic rings. The summed E-state index contributed by atoms with van der Waals surface area (Å²) in [5.74, 6) is 0.605. The quantitative estimate of drug-likeness (QED) is 0.880. The second-order valence-corrected chi connectivity index (χ2v) is 5.14. The van der Waals surface area contributed by atoms with Crippen LogP contribution < -0.4 is 10.1 Å². The zero-order valence-electron chi connectivity index (χ0n) is 10.8. The van der Waals surface area contributed by atoms with Crippen LogP contribution in [0.25, 0.3) is 0 Å². The number of benzene rings is 1. The molecule has 19 heavy (non-hydrogen) atoms. The molecule has 1 aromatic carbocycles. The molecular formula is C14H16N2O2S. The summed E-state index contributed by atoms with van der Waals surface area (Å²) >= 11 is 1.59. The molecule has 0 bridgehead atoms. The lowest BCUT2D eigenvalue weighted by Crippen LogP contribution is -2.30. The molecule has 1 aromatic heterocycles. The van der Waals surface area contributed by atoms with Crippen LogP contribution in [0, 0.1) is 6.92 Å². The predicted octanol–water partition coefficient (Wildman–Crippen LogP) is 2.19. The van der Waals surface area contributed by atoms with E-state index in [4.69, 9.17) is 4.74 Å². The topological polar surface area (TPSA) is 51.2 Å². The van der Waals surface area contributed by atoms with Gasteiger partial charge in [0.15, 0.2) is 6.61 Å². The van der Waals surface area contributed by atoms with E-state index in [1.807, 2.05) is 37.4 Å². The molecule has 1 heterocycles. The van der Waals surface area contributed by atoms with Gasteiger partial charge < -0.3 is 10.1 Å². The summed E-state index contributed by atoms with van der Waals surface area (Å²) < 4.78 is 5.39. The van der Waals surface area contributed by atoms with E-state index in [1.54, 1.807) is 16.8 Å². The molecule has 0 spiro atoms. The van der Waals surface area contributed by atoms with Gasteiger partial charge in [-0.25, -0.2) is 0 Å². The molecule has 0 saturated heterocycles. The van der Waals surface area contributed by atoms with E-state index < -0.39 is 0 Å². The average Bonchev–Trinajstić information content (AvgIpc) is 2.91. The van der Waals surface area contributed by atoms with Crippen molar-refractivity contribution < 1.29 is 9.53 Å². The molecular weight excluding hydrogens is 260 g/mol. The highest BCUT2D eigenvalue weighted by atomic mass is 32.1. The van der Waals surface area contributed by atoms with Crippen LogP contribution in [0.1, 0.15) is 10.4 Å². The van der Waals surface area contributed by atoms with Gasteiger partial charge in [-0.05, 0) is 19.1 Å². The van der Waals surface area contributed by atoms with Gasteiger partial charge in [-0.2, -0.15) is 0 Å². The van der Waals surface area contributed by atoms with Crippen molar-refractivity contribution in [2.24, 2.45) is 0 Å². The molecule has 0 atom stereocenters. The van der Waals surface area contributed by atoms with Crippen molar-refractivity contribution in [3.8, 4) is 5.75 Å². The smallest absolute Gasteiger partial charge is 0.257 e. The van der Waals surface area contributed by atoms with Crippen LogP contribution in [0.2, 0.25) is 0 Å². The Bertz CT molecular complexity index is 509. The van der Waals surface area contributed by atoms with Crippen LogP contribution >= 0.6 is 11.3 Å². The molecule has 1 N–H and O–H groups in total. The van der Waals surface area contributed by atoms with Crippen LogP contribution in [-0.2, 0) is 11.2 Å². The van der Waals surface area contributed by atoms with Gasteiger partial charge in [-0.15, -0.1) is 11.3 Å². The maximum atomic E-state index is 11.6. The second kappa shape index (κ2) is 6.89. The molecule has 0 aliphatic heterocycles. The molecule has 100 valence electrons. The molecule has 5 heteroatoms. The Balaban J connectivity index is 1.65. The summed E-state index contributed by atoms with van der Waals surface area (Å²) in [6.07, 6.45) is 2.63. The Morgan fingerprint density at radius 3 is 2.84 bits per heavy atom. The van der Waals surface area contributed by atoms with Crippen molar-refractivity contribution in [2.45, 2.75) is 13.3 Å². The lowest BCUT2D eigenvalue weighted by Gasteiger charge is -2.07. The zero-order valence-corrected chi connectivity index (χ0v) is 11.6. The maximum Gasteiger partial charge on any atom is 0.257 e. The van der Waals surface area contributed by atoms with Crippen molar-refractivity contribution in [2.75, 3.05) is 13.2 Å². The number of hydrogen-bond donors (Lipinski definition) is 1. The average molecular weight is 276 g/mol. The normalized spacial score (nSPS) is 10.2. The number of amides is 1. The van der Waals surface area contributed by atoms with Crippen molar-refractivity contribution in [3.63, 3.8) is 0 Å². The molecule has 0 aliphatic carbocycles. The number of carbonyl (C=O) groups excluding carboxylic acids is 1. The minimum absolute atomic E-state index is 0.0474. The van der Waals surface area contributed by atoms with Crippen molar-refractivity contribution in [1.29, 1.82) is 0 Å². The lowest BCUT2D eigenvalue weighted by molar-refractivity contribution is -0.123. The van der Waals surface area contributed by atoms with Crippen molar-refractivity contribution in [1.82, 2.24) is 10.3 Å². The fourth-order valence-corrected chi connectivity index (χ4v) is 2.12. The molecule has 2 aromatic rings. The standard InChI is InChI=1S/C14H16N2O2S/c1-11-2-4-12(5-3-11)18-9-14(17)16-7-6-13-8-15-10-19-13/h2-5,8,10H,6-7,9H2,1H3,(H,16,17). The molecule has 0 saturated carbocycles. The molecule has 4 nitrogen and oxygen atoms in total. The van der Waals surface area contributed by atoms with Gasteiger partial charge in [0.25, 0.3) is 5.91 Å². The highest BCUT2D eigenvalue weighted by molar-refractivity contribution is 7.09. The van der Waals surface area contributed by atoms with Crippen LogP contribution in [0.15, 0.2) is 36.0 Å².